The van der Waals surface area contributed by atoms with Gasteiger partial charge in [0.2, 0.25) is 0 Å². The zero-order valence-corrected chi connectivity index (χ0v) is 30.4. The summed E-state index contributed by atoms with van der Waals surface area (Å²) in [6.07, 6.45) is 11.1. The number of carbonyl (C=O) groups is 2. The molecule has 1 aromatic carbocycles. The molecule has 47 heavy (non-hydrogen) atoms. The standard InChI is InChI=1S/C28H43N3O3.C8H10F2O.C2H6/c1-8-12-23(20-24(29)28(32)31(17-10-3)18-16-21(5)11-4)30-25(13-9-2)22-14-15-26(33-6)27(19-22)34-7;1-3-8(10)4-7(5-11)6(2)9;1-2/h9,13-15,19-21H,2,8,10-12,16-18,29H2,1,3-7H3;4-5H,3H2,1-2H3;1-2H3/b24-20-,25-13-,30-23-;7-6-,8-4+;. The highest BCUT2D eigenvalue weighted by molar-refractivity contribution is 6.05. The molecule has 0 saturated carbocycles. The first-order valence-electron chi connectivity index (χ1n) is 16.5. The monoisotopic (exact) mass is 659 g/mol. The molecule has 0 radical (unpaired) electrons. The molecule has 1 atom stereocenters. The molecule has 2 N–H and O–H groups in total. The average molecular weight is 660 g/mol. The van der Waals surface area contributed by atoms with Crippen LogP contribution < -0.4 is 15.2 Å². The molecule has 0 aliphatic heterocycles. The van der Waals surface area contributed by atoms with Gasteiger partial charge in [0.05, 0.1) is 25.6 Å². The Bertz CT molecular complexity index is 1250. The number of carbonyl (C=O) groups excluding carboxylic acids is 2. The van der Waals surface area contributed by atoms with Gasteiger partial charge in [0.15, 0.2) is 17.8 Å². The molecule has 9 heteroatoms. The van der Waals surface area contributed by atoms with Crippen LogP contribution in [0.5, 0.6) is 11.5 Å². The van der Waals surface area contributed by atoms with Gasteiger partial charge in [-0.25, -0.2) is 8.78 Å². The highest BCUT2D eigenvalue weighted by Crippen LogP contribution is 2.31. The van der Waals surface area contributed by atoms with Crippen LogP contribution in [0.1, 0.15) is 99.5 Å². The number of nitrogens with two attached hydrogens (primary N) is 1. The van der Waals surface area contributed by atoms with E-state index in [4.69, 9.17) is 20.2 Å². The fourth-order valence-electron chi connectivity index (χ4n) is 3.95. The highest BCUT2D eigenvalue weighted by atomic mass is 19.1. The summed E-state index contributed by atoms with van der Waals surface area (Å²) in [6, 6.07) is 5.63. The number of aliphatic imine (C=N–C) groups is 1. The maximum Gasteiger partial charge on any atom is 0.269 e. The molecule has 0 fully saturated rings. The lowest BCUT2D eigenvalue weighted by Gasteiger charge is -2.24. The molecule has 1 amide bonds. The van der Waals surface area contributed by atoms with Crippen LogP contribution in [0.15, 0.2) is 77.0 Å². The van der Waals surface area contributed by atoms with E-state index in [2.05, 4.69) is 34.3 Å². The van der Waals surface area contributed by atoms with Gasteiger partial charge < -0.3 is 20.1 Å². The van der Waals surface area contributed by atoms with Gasteiger partial charge in [-0.2, -0.15) is 0 Å². The van der Waals surface area contributed by atoms with Crippen LogP contribution in [-0.2, 0) is 9.59 Å². The van der Waals surface area contributed by atoms with Crippen molar-refractivity contribution >= 4 is 23.6 Å². The Hall–Kier alpha value is -4.01. The highest BCUT2D eigenvalue weighted by Gasteiger charge is 2.17. The SMILES string of the molecule is C=C\C=C(/N=C(\C=C(/N)C(=O)N(CCC)CCC(C)CC)CCC)c1ccc(OC)c(OC)c1.CC.CC/C(F)=C\C(C=O)=C(/C)F. The molecule has 0 aliphatic rings. The summed E-state index contributed by atoms with van der Waals surface area (Å²) in [6.45, 7) is 20.5. The summed E-state index contributed by atoms with van der Waals surface area (Å²) in [5, 5.41) is 0. The lowest BCUT2D eigenvalue weighted by Crippen LogP contribution is -2.36. The maximum absolute atomic E-state index is 13.1. The van der Waals surface area contributed by atoms with E-state index in [1.165, 1.54) is 0 Å². The molecule has 0 saturated heterocycles. The van der Waals surface area contributed by atoms with Crippen LogP contribution in [0.3, 0.4) is 0 Å². The molecule has 0 bridgehead atoms. The van der Waals surface area contributed by atoms with Crippen molar-refractivity contribution in [3.63, 3.8) is 0 Å². The first kappa shape index (κ1) is 45.1. The normalized spacial score (nSPS) is 13.2. The van der Waals surface area contributed by atoms with Crippen molar-refractivity contribution in [1.29, 1.82) is 0 Å². The van der Waals surface area contributed by atoms with Gasteiger partial charge in [0.1, 0.15) is 11.7 Å². The largest absolute Gasteiger partial charge is 0.493 e. The van der Waals surface area contributed by atoms with Crippen molar-refractivity contribution in [2.45, 2.75) is 93.9 Å². The van der Waals surface area contributed by atoms with Crippen molar-refractivity contribution in [2.24, 2.45) is 16.6 Å². The Morgan fingerprint density at radius 3 is 2.15 bits per heavy atom. The minimum atomic E-state index is -0.663. The second-order valence-corrected chi connectivity index (χ2v) is 10.5. The molecule has 1 unspecified atom stereocenters. The van der Waals surface area contributed by atoms with Gasteiger partial charge in [-0.1, -0.05) is 74.0 Å². The number of hydrogen-bond acceptors (Lipinski definition) is 6. The molecular formula is C38H59F2N3O4. The Kier molecular flexibility index (Phi) is 26.0. The van der Waals surface area contributed by atoms with Crippen LogP contribution >= 0.6 is 0 Å². The smallest absolute Gasteiger partial charge is 0.269 e. The summed E-state index contributed by atoms with van der Waals surface area (Å²) < 4.78 is 35.5. The van der Waals surface area contributed by atoms with Crippen LogP contribution in [0.4, 0.5) is 8.78 Å². The molecule has 1 aromatic rings. The van der Waals surface area contributed by atoms with E-state index < -0.39 is 11.7 Å². The van der Waals surface area contributed by atoms with Crippen LogP contribution in [0.25, 0.3) is 5.70 Å². The third kappa shape index (κ3) is 18.1. The third-order valence-corrected chi connectivity index (χ3v) is 6.84. The fraction of sp³-hybridized carbons (Fsp3) is 0.500. The minimum absolute atomic E-state index is 0.130. The van der Waals surface area contributed by atoms with E-state index in [1.807, 2.05) is 43.0 Å². The second kappa shape index (κ2) is 27.1. The van der Waals surface area contributed by atoms with Crippen molar-refractivity contribution in [2.75, 3.05) is 27.3 Å². The Labute approximate surface area is 283 Å². The zero-order valence-electron chi connectivity index (χ0n) is 30.4. The van der Waals surface area contributed by atoms with Crippen molar-refractivity contribution < 1.29 is 27.8 Å². The van der Waals surface area contributed by atoms with E-state index in [0.29, 0.717) is 48.9 Å². The average Bonchev–Trinajstić information content (AvgIpc) is 3.08. The number of methoxy groups -OCH3 is 2. The molecule has 0 spiro atoms. The van der Waals surface area contributed by atoms with Gasteiger partial charge in [-0.15, -0.1) is 0 Å². The number of rotatable bonds is 18. The van der Waals surface area contributed by atoms with Crippen molar-refractivity contribution in [3.05, 3.63) is 77.6 Å². The molecule has 0 aliphatic carbocycles. The molecule has 0 aromatic heterocycles. The van der Waals surface area contributed by atoms with Crippen LogP contribution in [-0.4, -0.2) is 50.1 Å². The molecule has 264 valence electrons. The molecular weight excluding hydrogens is 600 g/mol. The lowest BCUT2D eigenvalue weighted by molar-refractivity contribution is -0.127. The number of amides is 1. The predicted molar refractivity (Wildman–Crippen MR) is 194 cm³/mol. The maximum atomic E-state index is 13.1. The van der Waals surface area contributed by atoms with Gasteiger partial charge >= 0.3 is 0 Å². The summed E-state index contributed by atoms with van der Waals surface area (Å²) in [4.78, 5) is 29.9. The zero-order chi connectivity index (χ0) is 36.4. The quantitative estimate of drug-likeness (QED) is 0.0733. The summed E-state index contributed by atoms with van der Waals surface area (Å²) in [7, 11) is 3.20. The number of halogens is 2. The fourth-order valence-corrected chi connectivity index (χ4v) is 3.95. The van der Waals surface area contributed by atoms with Gasteiger partial charge in [0.25, 0.3) is 5.91 Å². The van der Waals surface area contributed by atoms with Gasteiger partial charge in [-0.05, 0) is 75.0 Å². The van der Waals surface area contributed by atoms with Gasteiger partial charge in [0, 0.05) is 29.9 Å². The van der Waals surface area contributed by atoms with E-state index in [9.17, 15) is 18.4 Å². The van der Waals surface area contributed by atoms with E-state index in [0.717, 1.165) is 50.0 Å². The number of aldehydes is 1. The summed E-state index contributed by atoms with van der Waals surface area (Å²) in [5.74, 6) is 0.541. The van der Waals surface area contributed by atoms with Crippen LogP contribution in [0, 0.1) is 5.92 Å². The predicted octanol–water partition coefficient (Wildman–Crippen LogP) is 9.71. The van der Waals surface area contributed by atoms with E-state index >= 15 is 0 Å². The Morgan fingerprint density at radius 1 is 1.04 bits per heavy atom. The number of ether oxygens (including phenoxy) is 2. The first-order valence-corrected chi connectivity index (χ1v) is 16.5. The minimum Gasteiger partial charge on any atom is -0.493 e. The van der Waals surface area contributed by atoms with Crippen molar-refractivity contribution in [1.82, 2.24) is 4.90 Å². The lowest BCUT2D eigenvalue weighted by atomic mass is 10.0. The number of benzene rings is 1. The summed E-state index contributed by atoms with van der Waals surface area (Å²) in [5.41, 5.74) is 8.59. The molecule has 1 rings (SSSR count). The Morgan fingerprint density at radius 2 is 1.68 bits per heavy atom. The number of nitrogens with zero attached hydrogens (tertiary/aromatic N) is 2. The molecule has 0 heterocycles. The number of hydrogen-bond donors (Lipinski definition) is 1. The summed E-state index contributed by atoms with van der Waals surface area (Å²) >= 11 is 0. The second-order valence-electron chi connectivity index (χ2n) is 10.5. The topological polar surface area (TPSA) is 94.2 Å². The van der Waals surface area contributed by atoms with E-state index in [1.54, 1.807) is 33.3 Å². The Balaban J connectivity index is 0. The first-order chi connectivity index (χ1) is 22.5. The third-order valence-electron chi connectivity index (χ3n) is 6.84. The van der Waals surface area contributed by atoms with E-state index in [-0.39, 0.29) is 23.6 Å². The van der Waals surface area contributed by atoms with Gasteiger partial charge in [-0.3, -0.25) is 14.6 Å². The van der Waals surface area contributed by atoms with Crippen molar-refractivity contribution in [3.8, 4) is 11.5 Å². The number of allylic oxidation sites excluding steroid dienone is 7. The molecule has 7 nitrogen and oxygen atoms in total. The van der Waals surface area contributed by atoms with Crippen LogP contribution in [0.2, 0.25) is 0 Å².